The molecule has 2 amide bonds. The molecule has 1 aromatic heterocycles. The molecular formula is C9H10F3N3O2S. The Labute approximate surface area is 105 Å². The first kappa shape index (κ1) is 14.4. The van der Waals surface area contributed by atoms with E-state index in [-0.39, 0.29) is 6.54 Å². The van der Waals surface area contributed by atoms with Crippen LogP contribution in [-0.2, 0) is 16.1 Å². The van der Waals surface area contributed by atoms with Gasteiger partial charge in [-0.15, -0.1) is 11.3 Å². The van der Waals surface area contributed by atoms with Crippen LogP contribution in [0.4, 0.5) is 13.2 Å². The summed E-state index contributed by atoms with van der Waals surface area (Å²) in [6.45, 7) is -0.520. The van der Waals surface area contributed by atoms with Crippen molar-refractivity contribution in [1.29, 1.82) is 0 Å². The van der Waals surface area contributed by atoms with Crippen LogP contribution in [0.2, 0.25) is 0 Å². The Morgan fingerprint density at radius 2 is 2.17 bits per heavy atom. The first-order valence-electron chi connectivity index (χ1n) is 4.78. The molecule has 0 fully saturated rings. The van der Waals surface area contributed by atoms with Gasteiger partial charge in [-0.25, -0.2) is 4.98 Å². The van der Waals surface area contributed by atoms with Crippen LogP contribution in [0.25, 0.3) is 0 Å². The monoisotopic (exact) mass is 281 g/mol. The van der Waals surface area contributed by atoms with Gasteiger partial charge >= 0.3 is 12.1 Å². The van der Waals surface area contributed by atoms with Gasteiger partial charge in [0.15, 0.2) is 0 Å². The van der Waals surface area contributed by atoms with E-state index in [1.165, 1.54) is 11.3 Å². The lowest BCUT2D eigenvalue weighted by atomic mass is 10.4. The van der Waals surface area contributed by atoms with E-state index in [1.807, 2.05) is 0 Å². The highest BCUT2D eigenvalue weighted by atomic mass is 32.1. The maximum atomic E-state index is 12.0. The Balaban J connectivity index is 2.38. The number of nitrogens with one attached hydrogen (secondary N) is 1. The highest BCUT2D eigenvalue weighted by Gasteiger charge is 2.41. The van der Waals surface area contributed by atoms with E-state index < -0.39 is 24.5 Å². The van der Waals surface area contributed by atoms with E-state index in [2.05, 4.69) is 10.3 Å². The van der Waals surface area contributed by atoms with Crippen molar-refractivity contribution in [2.24, 2.45) is 0 Å². The quantitative estimate of drug-likeness (QED) is 0.887. The molecule has 0 saturated carbocycles. The van der Waals surface area contributed by atoms with Crippen LogP contribution in [0.15, 0.2) is 11.6 Å². The van der Waals surface area contributed by atoms with Crippen LogP contribution in [0.1, 0.15) is 5.01 Å². The van der Waals surface area contributed by atoms with Crippen molar-refractivity contribution in [3.05, 3.63) is 16.6 Å². The van der Waals surface area contributed by atoms with Gasteiger partial charge < -0.3 is 10.2 Å². The number of hydrogen-bond donors (Lipinski definition) is 1. The fourth-order valence-corrected chi connectivity index (χ4v) is 1.63. The van der Waals surface area contributed by atoms with E-state index >= 15 is 0 Å². The third-order valence-corrected chi connectivity index (χ3v) is 2.67. The largest absolute Gasteiger partial charge is 0.471 e. The highest BCUT2D eigenvalue weighted by molar-refractivity contribution is 7.09. The summed E-state index contributed by atoms with van der Waals surface area (Å²) in [6, 6.07) is 0. The number of carbonyl (C=O) groups is 2. The van der Waals surface area contributed by atoms with E-state index in [4.69, 9.17) is 0 Å². The Morgan fingerprint density at radius 3 is 2.67 bits per heavy atom. The predicted octanol–water partition coefficient (Wildman–Crippen LogP) is 0.780. The van der Waals surface area contributed by atoms with Crippen molar-refractivity contribution in [3.8, 4) is 0 Å². The summed E-state index contributed by atoms with van der Waals surface area (Å²) in [4.78, 5) is 26.2. The highest BCUT2D eigenvalue weighted by Crippen LogP contribution is 2.17. The summed E-state index contributed by atoms with van der Waals surface area (Å²) in [5, 5.41) is 4.71. The number of halogens is 3. The fraction of sp³-hybridized carbons (Fsp3) is 0.444. The molecule has 1 rings (SSSR count). The number of rotatable bonds is 4. The number of hydrogen-bond acceptors (Lipinski definition) is 4. The molecule has 9 heteroatoms. The van der Waals surface area contributed by atoms with Crippen LogP contribution >= 0.6 is 11.3 Å². The van der Waals surface area contributed by atoms with Gasteiger partial charge in [0.2, 0.25) is 5.91 Å². The van der Waals surface area contributed by atoms with Crippen molar-refractivity contribution >= 4 is 23.2 Å². The van der Waals surface area contributed by atoms with Crippen molar-refractivity contribution in [1.82, 2.24) is 15.2 Å². The Morgan fingerprint density at radius 1 is 1.50 bits per heavy atom. The maximum Gasteiger partial charge on any atom is 0.471 e. The first-order valence-corrected chi connectivity index (χ1v) is 5.66. The molecule has 0 bridgehead atoms. The van der Waals surface area contributed by atoms with Gasteiger partial charge in [0.25, 0.3) is 0 Å². The second-order valence-corrected chi connectivity index (χ2v) is 4.34. The molecule has 0 aliphatic rings. The van der Waals surface area contributed by atoms with Crippen LogP contribution < -0.4 is 5.32 Å². The normalized spacial score (nSPS) is 11.1. The summed E-state index contributed by atoms with van der Waals surface area (Å²) in [5.74, 6) is -2.72. The van der Waals surface area contributed by atoms with Crippen LogP contribution in [0, 0.1) is 0 Å². The summed E-state index contributed by atoms with van der Waals surface area (Å²) in [7, 11) is 0.915. The average Bonchev–Trinajstić information content (AvgIpc) is 2.76. The number of thiazole rings is 1. The smallest absolute Gasteiger partial charge is 0.348 e. The number of likely N-dealkylation sites (N-methyl/N-ethyl adjacent to an activating group) is 1. The molecule has 1 aromatic rings. The van der Waals surface area contributed by atoms with E-state index in [0.717, 1.165) is 7.05 Å². The third-order valence-electron chi connectivity index (χ3n) is 1.89. The van der Waals surface area contributed by atoms with Crippen LogP contribution in [-0.4, -0.2) is 41.5 Å². The maximum absolute atomic E-state index is 12.0. The van der Waals surface area contributed by atoms with Gasteiger partial charge in [0.1, 0.15) is 5.01 Å². The topological polar surface area (TPSA) is 62.3 Å². The minimum absolute atomic E-state index is 0.130. The SMILES string of the molecule is CN(CC(=O)NCc1nccs1)C(=O)C(F)(F)F. The molecule has 100 valence electrons. The molecule has 0 aliphatic heterocycles. The number of nitrogens with zero attached hydrogens (tertiary/aromatic N) is 2. The molecule has 0 aromatic carbocycles. The summed E-state index contributed by atoms with van der Waals surface area (Å²) in [5.41, 5.74) is 0. The van der Waals surface area contributed by atoms with Gasteiger partial charge in [0, 0.05) is 18.6 Å². The second-order valence-electron chi connectivity index (χ2n) is 3.36. The zero-order chi connectivity index (χ0) is 13.8. The molecule has 0 radical (unpaired) electrons. The lowest BCUT2D eigenvalue weighted by molar-refractivity contribution is -0.184. The molecule has 0 unspecified atom stereocenters. The second kappa shape index (κ2) is 5.80. The number of alkyl halides is 3. The van der Waals surface area contributed by atoms with Gasteiger partial charge in [-0.1, -0.05) is 0 Å². The number of amides is 2. The molecular weight excluding hydrogens is 271 g/mol. The predicted molar refractivity (Wildman–Crippen MR) is 57.7 cm³/mol. The standard InChI is InChI=1S/C9H10F3N3O2S/c1-15(8(17)9(10,11)12)5-6(16)14-4-7-13-2-3-18-7/h2-3H,4-5H2,1H3,(H,14,16). The van der Waals surface area contributed by atoms with Crippen molar-refractivity contribution in [3.63, 3.8) is 0 Å². The first-order chi connectivity index (χ1) is 8.30. The molecule has 0 aliphatic carbocycles. The zero-order valence-electron chi connectivity index (χ0n) is 9.32. The van der Waals surface area contributed by atoms with E-state index in [9.17, 15) is 22.8 Å². The molecule has 18 heavy (non-hydrogen) atoms. The Kier molecular flexibility index (Phi) is 4.65. The van der Waals surface area contributed by atoms with Gasteiger partial charge in [-0.3, -0.25) is 9.59 Å². The van der Waals surface area contributed by atoms with Crippen molar-refractivity contribution in [2.75, 3.05) is 13.6 Å². The zero-order valence-corrected chi connectivity index (χ0v) is 10.1. The molecule has 1 heterocycles. The average molecular weight is 281 g/mol. The molecule has 0 spiro atoms. The van der Waals surface area contributed by atoms with Crippen molar-refractivity contribution in [2.45, 2.75) is 12.7 Å². The minimum Gasteiger partial charge on any atom is -0.348 e. The summed E-state index contributed by atoms with van der Waals surface area (Å²) < 4.78 is 36.1. The molecule has 1 N–H and O–H groups in total. The lowest BCUT2D eigenvalue weighted by Gasteiger charge is -2.17. The minimum atomic E-state index is -4.97. The number of carbonyl (C=O) groups excluding carboxylic acids is 2. The van der Waals surface area contributed by atoms with Crippen LogP contribution in [0.3, 0.4) is 0 Å². The van der Waals surface area contributed by atoms with Crippen LogP contribution in [0.5, 0.6) is 0 Å². The van der Waals surface area contributed by atoms with E-state index in [0.29, 0.717) is 9.91 Å². The summed E-state index contributed by atoms with van der Waals surface area (Å²) >= 11 is 1.31. The Hall–Kier alpha value is -1.64. The number of aromatic nitrogens is 1. The molecule has 0 atom stereocenters. The Bertz CT molecular complexity index is 419. The molecule has 5 nitrogen and oxygen atoms in total. The fourth-order valence-electron chi connectivity index (χ4n) is 1.07. The van der Waals surface area contributed by atoms with Crippen molar-refractivity contribution < 1.29 is 22.8 Å². The third kappa shape index (κ3) is 4.32. The van der Waals surface area contributed by atoms with Gasteiger partial charge in [-0.2, -0.15) is 13.2 Å². The van der Waals surface area contributed by atoms with Gasteiger partial charge in [0.05, 0.1) is 13.1 Å². The molecule has 0 saturated heterocycles. The summed E-state index contributed by atoms with van der Waals surface area (Å²) in [6.07, 6.45) is -3.42. The van der Waals surface area contributed by atoms with E-state index in [1.54, 1.807) is 11.6 Å². The lowest BCUT2D eigenvalue weighted by Crippen LogP contribution is -2.43. The van der Waals surface area contributed by atoms with Gasteiger partial charge in [-0.05, 0) is 0 Å².